The fourth-order valence-electron chi connectivity index (χ4n) is 9.07. The predicted molar refractivity (Wildman–Crippen MR) is 217 cm³/mol. The zero-order valence-electron chi connectivity index (χ0n) is 32.9. The van der Waals surface area contributed by atoms with Gasteiger partial charge in [-0.1, -0.05) is 30.9 Å². The lowest BCUT2D eigenvalue weighted by Crippen LogP contribution is -2.60. The molecular formula is C46H46N3O10+. The molecule has 2 fully saturated rings. The summed E-state index contributed by atoms with van der Waals surface area (Å²) in [6.45, 7) is 0.709. The molecule has 13 nitrogen and oxygen atoms in total. The highest BCUT2D eigenvalue weighted by molar-refractivity contribution is 6.11. The highest BCUT2D eigenvalue weighted by Crippen LogP contribution is 2.47. The van der Waals surface area contributed by atoms with Crippen molar-refractivity contribution in [2.45, 2.75) is 81.8 Å². The van der Waals surface area contributed by atoms with Crippen LogP contribution in [0.25, 0.3) is 10.8 Å². The molecule has 1 saturated carbocycles. The summed E-state index contributed by atoms with van der Waals surface area (Å²) < 4.78 is 30.5. The first-order chi connectivity index (χ1) is 28.7. The number of nitrogens with zero attached hydrogens (tertiary/aromatic N) is 2. The number of nitrogens with one attached hydrogen (secondary N) is 1. The van der Waals surface area contributed by atoms with Gasteiger partial charge in [-0.15, -0.1) is 0 Å². The fourth-order valence-corrected chi connectivity index (χ4v) is 9.07. The highest BCUT2D eigenvalue weighted by Gasteiger charge is 2.48. The lowest BCUT2D eigenvalue weighted by molar-refractivity contribution is -0.278. The molecule has 0 radical (unpaired) electrons. The van der Waals surface area contributed by atoms with Crippen LogP contribution >= 0.6 is 0 Å². The van der Waals surface area contributed by atoms with Crippen molar-refractivity contribution in [3.63, 3.8) is 0 Å². The number of benzene rings is 4. The Labute approximate surface area is 341 Å². The summed E-state index contributed by atoms with van der Waals surface area (Å²) in [5.74, 6) is 3.37. The number of carbonyl (C=O) groups is 2. The van der Waals surface area contributed by atoms with Gasteiger partial charge in [-0.05, 0) is 72.1 Å². The number of carbonyl (C=O) groups excluding carboxylic acids is 2. The third kappa shape index (κ3) is 7.25. The van der Waals surface area contributed by atoms with E-state index in [1.165, 1.54) is 12.0 Å². The average Bonchev–Trinajstić information content (AvgIpc) is 3.99. The number of amides is 1. The Kier molecular flexibility index (Phi) is 10.7. The normalized spacial score (nSPS) is 23.8. The molecule has 304 valence electrons. The van der Waals surface area contributed by atoms with Crippen molar-refractivity contribution in [3.05, 3.63) is 99.5 Å². The summed E-state index contributed by atoms with van der Waals surface area (Å²) in [6, 6.07) is 16.6. The number of rotatable bonds is 8. The molecule has 4 aromatic carbocycles. The zero-order chi connectivity index (χ0) is 40.8. The number of aromatic hydroxyl groups is 1. The number of phenols is 1. The molecule has 13 heteroatoms. The third-order valence-electron chi connectivity index (χ3n) is 12.1. The lowest BCUT2D eigenvalue weighted by Gasteiger charge is -2.41. The van der Waals surface area contributed by atoms with E-state index in [1.807, 2.05) is 31.3 Å². The molecule has 1 saturated heterocycles. The molecule has 0 unspecified atom stereocenters. The highest BCUT2D eigenvalue weighted by atomic mass is 16.7. The van der Waals surface area contributed by atoms with Crippen LogP contribution < -0.4 is 14.8 Å². The van der Waals surface area contributed by atoms with Crippen molar-refractivity contribution < 1.29 is 48.6 Å². The Hall–Kier alpha value is -5.62. The third-order valence-corrected chi connectivity index (χ3v) is 12.1. The van der Waals surface area contributed by atoms with Crippen molar-refractivity contribution in [2.75, 3.05) is 33.9 Å². The van der Waals surface area contributed by atoms with Gasteiger partial charge in [0, 0.05) is 42.8 Å². The van der Waals surface area contributed by atoms with Gasteiger partial charge in [-0.25, -0.2) is 0 Å². The van der Waals surface area contributed by atoms with Crippen LogP contribution in [0.1, 0.15) is 80.1 Å². The van der Waals surface area contributed by atoms with Crippen molar-refractivity contribution in [1.29, 1.82) is 0 Å². The number of ether oxygens (including phenoxy) is 5. The van der Waals surface area contributed by atoms with E-state index in [2.05, 4.69) is 28.4 Å². The molecule has 1 aliphatic carbocycles. The van der Waals surface area contributed by atoms with Gasteiger partial charge in [-0.2, -0.15) is 4.99 Å². The van der Waals surface area contributed by atoms with Gasteiger partial charge in [0.25, 0.3) is 5.91 Å². The largest absolute Gasteiger partial charge is 0.506 e. The molecule has 1 amide bonds. The van der Waals surface area contributed by atoms with Crippen LogP contribution in [0, 0.1) is 17.9 Å². The molecule has 9 rings (SSSR count). The summed E-state index contributed by atoms with van der Waals surface area (Å²) in [6.07, 6.45) is 1.52. The number of ketones is 1. The molecule has 4 aliphatic heterocycles. The standard InChI is InChI=1S/C46H45N3O10/c1-47-19-25-12-13-35-32(15-25)29(20-48-35)23-56-24-38-41(51)44-43(53)46(59-38)58-37-18-30(55-2)16-28-17-33(26-7-3-4-8-26)40(42(52)39(28)37)36(50)22-49-21-34-27(10-6-14-57-44)9-5-11-31(34)45(49)54/h5,9,11-13,15-18,20,26,38,41,43-44,46-47,51,53H,3-4,7-8,10,19,21-24H2,1-2H3/p+1/t38-,41+,43+,44+,46-/m0/s1. The summed E-state index contributed by atoms with van der Waals surface area (Å²) >= 11 is 0. The Morgan fingerprint density at radius 1 is 1.05 bits per heavy atom. The van der Waals surface area contributed by atoms with Crippen molar-refractivity contribution in [3.8, 4) is 29.3 Å². The molecule has 5 atom stereocenters. The predicted octanol–water partition coefficient (Wildman–Crippen LogP) is 4.85. The first-order valence-electron chi connectivity index (χ1n) is 20.1. The molecule has 59 heavy (non-hydrogen) atoms. The Balaban J connectivity index is 1.09. The smallest absolute Gasteiger partial charge is 0.254 e. The zero-order valence-corrected chi connectivity index (χ0v) is 32.9. The van der Waals surface area contributed by atoms with Crippen molar-refractivity contribution in [2.24, 2.45) is 4.99 Å². The number of aliphatic imine (C=N–C) groups is 1. The molecule has 6 bridgehead atoms. The Morgan fingerprint density at radius 3 is 2.71 bits per heavy atom. The number of fused-ring (bicyclic) bond motifs is 5. The van der Waals surface area contributed by atoms with Crippen LogP contribution in [0.3, 0.4) is 0 Å². The minimum atomic E-state index is -1.57. The second-order valence-electron chi connectivity index (χ2n) is 15.8. The summed E-state index contributed by atoms with van der Waals surface area (Å²) in [7, 11) is 3.39. The molecule has 0 spiro atoms. The lowest BCUT2D eigenvalue weighted by atomic mass is 9.87. The van der Waals surface area contributed by atoms with Gasteiger partial charge in [0.2, 0.25) is 6.29 Å². The second kappa shape index (κ2) is 16.2. The van der Waals surface area contributed by atoms with Crippen LogP contribution in [0.5, 0.6) is 17.2 Å². The van der Waals surface area contributed by atoms with Gasteiger partial charge in [0.1, 0.15) is 54.3 Å². The van der Waals surface area contributed by atoms with E-state index in [9.17, 15) is 24.9 Å². The maximum absolute atomic E-state index is 14.5. The van der Waals surface area contributed by atoms with Crippen LogP contribution in [0.15, 0.2) is 59.6 Å². The average molecular weight is 801 g/mol. The number of aliphatic hydroxyl groups is 2. The van der Waals surface area contributed by atoms with E-state index in [0.717, 1.165) is 59.5 Å². The Morgan fingerprint density at radius 2 is 1.90 bits per heavy atom. The minimum absolute atomic E-state index is 0.0236. The van der Waals surface area contributed by atoms with Crippen LogP contribution in [-0.2, 0) is 33.7 Å². The van der Waals surface area contributed by atoms with Crippen molar-refractivity contribution >= 4 is 34.4 Å². The molecule has 5 aliphatic rings. The van der Waals surface area contributed by atoms with Gasteiger partial charge >= 0.3 is 0 Å². The molecule has 4 aromatic rings. The number of hydrogen-bond donors (Lipinski definition) is 4. The number of Topliss-reactive ketones (excluding diaryl/α,β-unsaturated/α-hetero) is 1. The van der Waals surface area contributed by atoms with Crippen molar-refractivity contribution in [1.82, 2.24) is 10.2 Å². The van der Waals surface area contributed by atoms with E-state index in [4.69, 9.17) is 23.7 Å². The van der Waals surface area contributed by atoms with Gasteiger partial charge in [0.05, 0.1) is 37.3 Å². The van der Waals surface area contributed by atoms with E-state index in [0.29, 0.717) is 28.8 Å². The molecule has 0 aromatic heterocycles. The van der Waals surface area contributed by atoms with Crippen LogP contribution in [-0.4, -0.2) is 103 Å². The molecular weight excluding hydrogens is 755 g/mol. The van der Waals surface area contributed by atoms with E-state index in [1.54, 1.807) is 30.5 Å². The number of aliphatic hydroxyl groups excluding tert-OH is 2. The minimum Gasteiger partial charge on any atom is -0.506 e. The van der Waals surface area contributed by atoms with E-state index >= 15 is 0 Å². The SMILES string of the molecule is CNCc1ccc2c(c1)[C+](COC[C@@H]1O[C@@H]3Oc4cc(OC)cc5cc(C6CCCC6)c(c(O)c45)C(=O)CN4Cc5c(cccc5C4=O)CC#CO[C@@H]([C@H]3O)[C@@H]1O)C=N2. The maximum atomic E-state index is 14.5. The summed E-state index contributed by atoms with van der Waals surface area (Å²) in [5, 5.41) is 39.6. The number of hydrogen-bond acceptors (Lipinski definition) is 12. The number of phenolic OH excluding ortho intramolecular Hbond substituents is 1. The molecule has 4 N–H and O–H groups in total. The van der Waals surface area contributed by atoms with Crippen LogP contribution in [0.4, 0.5) is 5.69 Å². The first kappa shape index (κ1) is 38.9. The number of methoxy groups -OCH3 is 1. The van der Waals surface area contributed by atoms with Gasteiger partial charge < -0.3 is 49.2 Å². The monoisotopic (exact) mass is 800 g/mol. The fraction of sp³-hybridized carbons (Fsp3) is 0.391. The second-order valence-corrected chi connectivity index (χ2v) is 15.8. The van der Waals surface area contributed by atoms with Gasteiger partial charge in [-0.3, -0.25) is 9.59 Å². The first-order valence-corrected chi connectivity index (χ1v) is 20.1. The van der Waals surface area contributed by atoms with Crippen LogP contribution in [0.2, 0.25) is 0 Å². The Bertz CT molecular complexity index is 2400. The quantitative estimate of drug-likeness (QED) is 0.142. The topological polar surface area (TPSA) is 169 Å². The summed E-state index contributed by atoms with van der Waals surface area (Å²) in [4.78, 5) is 34.2. The van der Waals surface area contributed by atoms with E-state index in [-0.39, 0.29) is 67.0 Å². The van der Waals surface area contributed by atoms with E-state index < -0.39 is 36.5 Å². The molecule has 4 heterocycles. The van der Waals surface area contributed by atoms with Gasteiger partial charge in [0.15, 0.2) is 29.2 Å². The summed E-state index contributed by atoms with van der Waals surface area (Å²) in [5.41, 5.74) is 5.77. The maximum Gasteiger partial charge on any atom is 0.254 e.